The smallest absolute Gasteiger partial charge is 0.400 e. The number of hydrogen-bond donors (Lipinski definition) is 0. The molecule has 1 aromatic rings. The van der Waals surface area contributed by atoms with E-state index in [1.54, 1.807) is 12.1 Å². The number of unbranched alkanes of at least 4 members (excludes halogenated alkanes) is 1. The molecule has 0 aliphatic carbocycles. The molecule has 1 heterocycles. The van der Waals surface area contributed by atoms with Gasteiger partial charge in [0.05, 0.1) is 11.2 Å². The van der Waals surface area contributed by atoms with Crippen LogP contribution in [0.2, 0.25) is 0 Å². The fourth-order valence-corrected chi connectivity index (χ4v) is 3.30. The quantitative estimate of drug-likeness (QED) is 0.287. The zero-order valence-electron chi connectivity index (χ0n) is 17.3. The molecule has 7 heteroatoms. The van der Waals surface area contributed by atoms with Gasteiger partial charge in [-0.2, -0.15) is 13.2 Å². The van der Waals surface area contributed by atoms with Gasteiger partial charge in [0, 0.05) is 6.42 Å². The predicted octanol–water partition coefficient (Wildman–Crippen LogP) is 6.74. The van der Waals surface area contributed by atoms with Crippen molar-refractivity contribution >= 4 is 12.7 Å². The molecule has 2 nitrogen and oxygen atoms in total. The van der Waals surface area contributed by atoms with Gasteiger partial charge in [0.25, 0.3) is 0 Å². The molecule has 1 fully saturated rings. The Morgan fingerprint density at radius 2 is 1.50 bits per heavy atom. The molecule has 1 aliphatic rings. The van der Waals surface area contributed by atoms with Crippen molar-refractivity contribution in [2.75, 3.05) is 0 Å². The molecule has 1 aromatic carbocycles. The number of benzene rings is 1. The van der Waals surface area contributed by atoms with Crippen molar-refractivity contribution in [1.29, 1.82) is 0 Å². The summed E-state index contributed by atoms with van der Waals surface area (Å²) >= 11 is 0. The molecule has 0 amide bonds. The van der Waals surface area contributed by atoms with E-state index in [4.69, 9.17) is 9.31 Å². The summed E-state index contributed by atoms with van der Waals surface area (Å²) in [7, 11) is -0.629. The van der Waals surface area contributed by atoms with E-state index in [2.05, 4.69) is 0 Å². The van der Waals surface area contributed by atoms with Crippen molar-refractivity contribution in [1.82, 2.24) is 0 Å². The summed E-state index contributed by atoms with van der Waals surface area (Å²) in [5.41, 5.74) is 1.53. The molecule has 0 radical (unpaired) electrons. The van der Waals surface area contributed by atoms with Gasteiger partial charge in [-0.05, 0) is 82.1 Å². The van der Waals surface area contributed by atoms with E-state index >= 15 is 0 Å². The highest BCUT2D eigenvalue weighted by Gasteiger charge is 2.52. The van der Waals surface area contributed by atoms with Crippen LogP contribution >= 0.6 is 0 Å². The molecule has 0 unspecified atom stereocenters. The third kappa shape index (κ3) is 5.60. The van der Waals surface area contributed by atoms with Gasteiger partial charge in [0.2, 0.25) is 0 Å². The van der Waals surface area contributed by atoms with Crippen molar-refractivity contribution in [3.63, 3.8) is 0 Å². The molecule has 0 saturated carbocycles. The van der Waals surface area contributed by atoms with E-state index in [9.17, 15) is 17.6 Å². The first-order chi connectivity index (χ1) is 12.9. The fourth-order valence-electron chi connectivity index (χ4n) is 3.30. The average molecular weight is 400 g/mol. The predicted molar refractivity (Wildman–Crippen MR) is 104 cm³/mol. The van der Waals surface area contributed by atoms with Crippen LogP contribution in [0.1, 0.15) is 72.3 Å². The van der Waals surface area contributed by atoms with Crippen LogP contribution in [0.25, 0.3) is 5.57 Å². The summed E-state index contributed by atoms with van der Waals surface area (Å²) < 4.78 is 63.2. The lowest BCUT2D eigenvalue weighted by Gasteiger charge is -2.32. The van der Waals surface area contributed by atoms with E-state index in [1.165, 1.54) is 12.1 Å². The normalized spacial score (nSPS) is 19.7. The van der Waals surface area contributed by atoms with Crippen molar-refractivity contribution in [3.8, 4) is 0 Å². The van der Waals surface area contributed by atoms with Crippen LogP contribution < -0.4 is 0 Å². The second kappa shape index (κ2) is 8.58. The summed E-state index contributed by atoms with van der Waals surface area (Å²) in [6.07, 6.45) is -3.45. The molecule has 0 N–H and O–H groups in total. The molecule has 0 bridgehead atoms. The minimum atomic E-state index is -4.15. The Bertz CT molecular complexity index is 677. The SMILES string of the molecule is CC/C(=C(\CCCCC(F)(F)F)B1OC(C)(C)C(C)(C)O1)c1ccc(F)cc1. The zero-order valence-corrected chi connectivity index (χ0v) is 17.3. The Hall–Kier alpha value is -1.34. The second-order valence-corrected chi connectivity index (χ2v) is 8.27. The lowest BCUT2D eigenvalue weighted by Crippen LogP contribution is -2.41. The van der Waals surface area contributed by atoms with E-state index in [1.807, 2.05) is 34.6 Å². The first kappa shape index (κ1) is 22.9. The Balaban J connectivity index is 2.33. The minimum absolute atomic E-state index is 0.0485. The van der Waals surface area contributed by atoms with Crippen LogP contribution in [0.15, 0.2) is 29.7 Å². The maximum atomic E-state index is 13.3. The van der Waals surface area contributed by atoms with Gasteiger partial charge in [-0.3, -0.25) is 0 Å². The maximum absolute atomic E-state index is 13.3. The highest BCUT2D eigenvalue weighted by atomic mass is 19.4. The van der Waals surface area contributed by atoms with Gasteiger partial charge in [-0.25, -0.2) is 4.39 Å². The van der Waals surface area contributed by atoms with Crippen LogP contribution in [0, 0.1) is 5.82 Å². The standard InChI is InChI=1S/C21H29BF4O2/c1-6-17(15-10-12-16(23)13-11-15)18(9-7-8-14-21(24,25)26)22-27-19(2,3)20(4,5)28-22/h10-13H,6-9,14H2,1-5H3/b18-17-. The first-order valence-electron chi connectivity index (χ1n) is 9.76. The Labute approximate surface area is 165 Å². The van der Waals surface area contributed by atoms with E-state index < -0.39 is 30.9 Å². The van der Waals surface area contributed by atoms with Crippen LogP contribution in [-0.2, 0) is 9.31 Å². The number of rotatable bonds is 7. The summed E-state index contributed by atoms with van der Waals surface area (Å²) in [4.78, 5) is 0. The van der Waals surface area contributed by atoms with Crippen LogP contribution in [0.4, 0.5) is 17.6 Å². The number of allylic oxidation sites excluding steroid dienone is 2. The van der Waals surface area contributed by atoms with Gasteiger partial charge >= 0.3 is 13.3 Å². The average Bonchev–Trinajstić information content (AvgIpc) is 2.78. The van der Waals surface area contributed by atoms with Gasteiger partial charge in [-0.15, -0.1) is 0 Å². The summed E-state index contributed by atoms with van der Waals surface area (Å²) in [6, 6.07) is 6.15. The van der Waals surface area contributed by atoms with Gasteiger partial charge in [0.15, 0.2) is 0 Å². The van der Waals surface area contributed by atoms with E-state index in [0.717, 1.165) is 16.6 Å². The summed E-state index contributed by atoms with van der Waals surface area (Å²) in [5.74, 6) is -0.332. The molecule has 0 spiro atoms. The summed E-state index contributed by atoms with van der Waals surface area (Å²) in [6.45, 7) is 9.74. The molecule has 1 aliphatic heterocycles. The minimum Gasteiger partial charge on any atom is -0.400 e. The monoisotopic (exact) mass is 400 g/mol. The number of halogens is 4. The summed E-state index contributed by atoms with van der Waals surface area (Å²) in [5, 5.41) is 0. The Morgan fingerprint density at radius 3 is 1.96 bits per heavy atom. The molecule has 0 aromatic heterocycles. The third-order valence-corrected chi connectivity index (χ3v) is 5.63. The third-order valence-electron chi connectivity index (χ3n) is 5.63. The van der Waals surface area contributed by atoms with Crippen LogP contribution in [-0.4, -0.2) is 24.5 Å². The van der Waals surface area contributed by atoms with E-state index in [0.29, 0.717) is 19.3 Å². The van der Waals surface area contributed by atoms with Crippen molar-refractivity contribution < 1.29 is 26.9 Å². The number of alkyl halides is 3. The molecule has 2 rings (SSSR count). The van der Waals surface area contributed by atoms with Crippen LogP contribution in [0.5, 0.6) is 0 Å². The highest BCUT2D eigenvalue weighted by molar-refractivity contribution is 6.56. The van der Waals surface area contributed by atoms with E-state index in [-0.39, 0.29) is 12.2 Å². The van der Waals surface area contributed by atoms with Crippen molar-refractivity contribution in [2.45, 2.75) is 84.1 Å². The lowest BCUT2D eigenvalue weighted by atomic mass is 9.70. The molecule has 1 saturated heterocycles. The zero-order chi connectivity index (χ0) is 21.2. The number of hydrogen-bond acceptors (Lipinski definition) is 2. The molecule has 0 atom stereocenters. The van der Waals surface area contributed by atoms with Gasteiger partial charge in [0.1, 0.15) is 5.82 Å². The van der Waals surface area contributed by atoms with Gasteiger partial charge in [-0.1, -0.05) is 19.1 Å². The molecular formula is C21H29BF4O2. The largest absolute Gasteiger partial charge is 0.490 e. The highest BCUT2D eigenvalue weighted by Crippen LogP contribution is 2.41. The Morgan fingerprint density at radius 1 is 0.964 bits per heavy atom. The molecular weight excluding hydrogens is 371 g/mol. The molecule has 28 heavy (non-hydrogen) atoms. The van der Waals surface area contributed by atoms with Crippen molar-refractivity contribution in [3.05, 3.63) is 41.1 Å². The topological polar surface area (TPSA) is 18.5 Å². The fraction of sp³-hybridized carbons (Fsp3) is 0.619. The van der Waals surface area contributed by atoms with Crippen molar-refractivity contribution in [2.24, 2.45) is 0 Å². The molecule has 156 valence electrons. The first-order valence-corrected chi connectivity index (χ1v) is 9.76. The Kier molecular flexibility index (Phi) is 7.03. The maximum Gasteiger partial charge on any atom is 0.490 e. The van der Waals surface area contributed by atoms with Crippen LogP contribution in [0.3, 0.4) is 0 Å². The van der Waals surface area contributed by atoms with Gasteiger partial charge < -0.3 is 9.31 Å². The lowest BCUT2D eigenvalue weighted by molar-refractivity contribution is -0.135. The second-order valence-electron chi connectivity index (χ2n) is 8.27.